The molecule has 0 aromatic heterocycles. The largest absolute Gasteiger partial charge is 0.311 e. The number of nitrogens with zero attached hydrogens (tertiary/aromatic N) is 2. The molecule has 0 N–H and O–H groups in total. The maximum Gasteiger partial charge on any atom is 0.268 e. The third-order valence-electron chi connectivity index (χ3n) is 6.02. The van der Waals surface area contributed by atoms with E-state index in [-0.39, 0.29) is 24.6 Å². The third kappa shape index (κ3) is 3.31. The Labute approximate surface area is 193 Å². The minimum atomic E-state index is -1.35. The van der Waals surface area contributed by atoms with E-state index in [4.69, 9.17) is 0 Å². The number of hydrogen-bond acceptors (Lipinski definition) is 3. The lowest BCUT2D eigenvalue weighted by Gasteiger charge is -2.33. The Morgan fingerprint density at radius 2 is 1.79 bits per heavy atom. The van der Waals surface area contributed by atoms with E-state index in [1.165, 1.54) is 45.8 Å². The molecule has 4 nitrogen and oxygen atoms in total. The van der Waals surface area contributed by atoms with E-state index in [0.29, 0.717) is 22.6 Å². The van der Waals surface area contributed by atoms with E-state index in [1.807, 2.05) is 19.1 Å². The van der Waals surface area contributed by atoms with Gasteiger partial charge in [0.15, 0.2) is 16.5 Å². The summed E-state index contributed by atoms with van der Waals surface area (Å²) in [5, 5.41) is 0. The van der Waals surface area contributed by atoms with Crippen molar-refractivity contribution in [1.29, 1.82) is 0 Å². The van der Waals surface area contributed by atoms with Crippen molar-refractivity contribution in [2.75, 3.05) is 17.2 Å². The van der Waals surface area contributed by atoms with Gasteiger partial charge in [0.05, 0.1) is 17.8 Å². The van der Waals surface area contributed by atoms with Gasteiger partial charge < -0.3 is 9.80 Å². The van der Waals surface area contributed by atoms with Crippen LogP contribution < -0.4 is 4.90 Å². The van der Waals surface area contributed by atoms with Crippen molar-refractivity contribution in [3.63, 3.8) is 0 Å². The Morgan fingerprint density at radius 1 is 1.00 bits per heavy atom. The molecule has 1 saturated heterocycles. The van der Waals surface area contributed by atoms with Crippen LogP contribution in [0.3, 0.4) is 0 Å². The molecule has 33 heavy (non-hydrogen) atoms. The van der Waals surface area contributed by atoms with Gasteiger partial charge in [-0.3, -0.25) is 9.59 Å². The van der Waals surface area contributed by atoms with Crippen LogP contribution in [0.2, 0.25) is 0 Å². The number of hydrogen-bond donors (Lipinski definition) is 0. The number of aryl methyl sites for hydroxylation is 1. The van der Waals surface area contributed by atoms with E-state index < -0.39 is 28.2 Å². The highest BCUT2D eigenvalue weighted by atomic mass is 32.2. The fourth-order valence-corrected chi connectivity index (χ4v) is 5.94. The van der Waals surface area contributed by atoms with Crippen LogP contribution in [0.25, 0.3) is 0 Å². The lowest BCUT2D eigenvalue weighted by atomic mass is 10.0. The first-order valence-electron chi connectivity index (χ1n) is 10.4. The van der Waals surface area contributed by atoms with Gasteiger partial charge in [-0.15, -0.1) is 11.8 Å². The Morgan fingerprint density at radius 3 is 2.55 bits per heavy atom. The number of anilines is 1. The second-order valence-electron chi connectivity index (χ2n) is 8.09. The number of amides is 2. The molecule has 0 aliphatic carbocycles. The molecule has 3 aromatic rings. The van der Waals surface area contributed by atoms with E-state index >= 15 is 0 Å². The summed E-state index contributed by atoms with van der Waals surface area (Å²) in [6.45, 7) is 2.17. The standard InChI is InChI=1S/C25H19F3N2O2S/c1-15-6-9-22-18(12-15)25(24(32)29(22)14-16-7-8-20(27)21(28)13-16)30(10-11-33-25)23(31)17-4-2-3-5-19(17)26/h2-9,12-13H,10-11,14H2,1H3/t25-/m1/s1. The lowest BCUT2D eigenvalue weighted by Crippen LogP contribution is -2.50. The Balaban J connectivity index is 1.61. The van der Waals surface area contributed by atoms with Crippen molar-refractivity contribution >= 4 is 29.3 Å². The summed E-state index contributed by atoms with van der Waals surface area (Å²) in [5.74, 6) is -3.04. The number of carbonyl (C=O) groups is 2. The SMILES string of the molecule is Cc1ccc2c(c1)[C@@]1(SCCN1C(=O)c1ccccc1F)C(=O)N2Cc1ccc(F)c(F)c1. The number of benzene rings is 3. The van der Waals surface area contributed by atoms with Gasteiger partial charge in [0, 0.05) is 17.9 Å². The molecule has 1 spiro atoms. The summed E-state index contributed by atoms with van der Waals surface area (Å²) in [6, 6.07) is 14.7. The smallest absolute Gasteiger partial charge is 0.268 e. The molecular formula is C25H19F3N2O2S. The zero-order valence-electron chi connectivity index (χ0n) is 17.6. The van der Waals surface area contributed by atoms with Crippen molar-refractivity contribution in [2.24, 2.45) is 0 Å². The second kappa shape index (κ2) is 7.95. The molecule has 1 atom stereocenters. The van der Waals surface area contributed by atoms with Gasteiger partial charge in [-0.05, 0) is 42.8 Å². The van der Waals surface area contributed by atoms with Crippen molar-refractivity contribution in [2.45, 2.75) is 18.3 Å². The van der Waals surface area contributed by atoms with E-state index in [0.717, 1.165) is 17.7 Å². The van der Waals surface area contributed by atoms with Crippen LogP contribution in [0, 0.1) is 24.4 Å². The maximum absolute atomic E-state index is 14.4. The summed E-state index contributed by atoms with van der Waals surface area (Å²) in [4.78, 5) is 28.9. The first-order valence-corrected chi connectivity index (χ1v) is 11.4. The summed E-state index contributed by atoms with van der Waals surface area (Å²) < 4.78 is 41.7. The zero-order chi connectivity index (χ0) is 23.3. The highest BCUT2D eigenvalue weighted by Crippen LogP contribution is 2.55. The van der Waals surface area contributed by atoms with Gasteiger partial charge in [0.2, 0.25) is 0 Å². The van der Waals surface area contributed by atoms with Crippen LogP contribution in [0.4, 0.5) is 18.9 Å². The fraction of sp³-hybridized carbons (Fsp3) is 0.200. The summed E-state index contributed by atoms with van der Waals surface area (Å²) >= 11 is 1.33. The highest BCUT2D eigenvalue weighted by molar-refractivity contribution is 8.01. The number of thioether (sulfide) groups is 1. The molecule has 3 aromatic carbocycles. The van der Waals surface area contributed by atoms with Gasteiger partial charge in [0.1, 0.15) is 5.82 Å². The topological polar surface area (TPSA) is 40.6 Å². The van der Waals surface area contributed by atoms with Crippen molar-refractivity contribution in [3.05, 3.63) is 100 Å². The second-order valence-corrected chi connectivity index (χ2v) is 9.38. The first kappa shape index (κ1) is 21.6. The minimum Gasteiger partial charge on any atom is -0.311 e. The summed E-state index contributed by atoms with van der Waals surface area (Å²) in [6.07, 6.45) is 0. The summed E-state index contributed by atoms with van der Waals surface area (Å²) in [7, 11) is 0. The molecule has 0 unspecified atom stereocenters. The molecule has 2 amide bonds. The molecule has 0 saturated carbocycles. The van der Waals surface area contributed by atoms with Gasteiger partial charge in [-0.25, -0.2) is 13.2 Å². The number of fused-ring (bicyclic) bond motifs is 2. The Bertz CT molecular complexity index is 1300. The van der Waals surface area contributed by atoms with Gasteiger partial charge in [-0.2, -0.15) is 0 Å². The summed E-state index contributed by atoms with van der Waals surface area (Å²) in [5.41, 5.74) is 2.46. The molecule has 5 rings (SSSR count). The molecular weight excluding hydrogens is 449 g/mol. The molecule has 1 fully saturated rings. The molecule has 168 valence electrons. The van der Waals surface area contributed by atoms with E-state index in [1.54, 1.807) is 12.1 Å². The van der Waals surface area contributed by atoms with Gasteiger partial charge in [-0.1, -0.05) is 35.9 Å². The lowest BCUT2D eigenvalue weighted by molar-refractivity contribution is -0.123. The Kier molecular flexibility index (Phi) is 5.20. The van der Waals surface area contributed by atoms with Crippen LogP contribution in [0.5, 0.6) is 0 Å². The van der Waals surface area contributed by atoms with Gasteiger partial charge >= 0.3 is 0 Å². The number of halogens is 3. The monoisotopic (exact) mass is 468 g/mol. The van der Waals surface area contributed by atoms with E-state index in [9.17, 15) is 22.8 Å². The molecule has 0 radical (unpaired) electrons. The quantitative estimate of drug-likeness (QED) is 0.543. The van der Waals surface area contributed by atoms with Crippen molar-refractivity contribution in [1.82, 2.24) is 4.90 Å². The van der Waals surface area contributed by atoms with Crippen LogP contribution in [-0.4, -0.2) is 29.0 Å². The van der Waals surface area contributed by atoms with Crippen LogP contribution in [-0.2, 0) is 16.2 Å². The minimum absolute atomic E-state index is 0.0101. The average molecular weight is 469 g/mol. The van der Waals surface area contributed by atoms with Crippen LogP contribution >= 0.6 is 11.8 Å². The predicted molar refractivity (Wildman–Crippen MR) is 120 cm³/mol. The Hall–Kier alpha value is -3.26. The predicted octanol–water partition coefficient (Wildman–Crippen LogP) is 5.00. The first-order chi connectivity index (χ1) is 15.8. The van der Waals surface area contributed by atoms with Crippen LogP contribution in [0.1, 0.15) is 27.0 Å². The third-order valence-corrected chi connectivity index (χ3v) is 7.44. The normalized spacial score (nSPS) is 19.5. The fourth-order valence-electron chi connectivity index (χ4n) is 4.49. The molecule has 0 bridgehead atoms. The van der Waals surface area contributed by atoms with Crippen molar-refractivity contribution < 1.29 is 22.8 Å². The number of carbonyl (C=O) groups excluding carboxylic acids is 2. The van der Waals surface area contributed by atoms with Gasteiger partial charge in [0.25, 0.3) is 11.8 Å². The average Bonchev–Trinajstić information content (AvgIpc) is 3.33. The number of rotatable bonds is 3. The van der Waals surface area contributed by atoms with Crippen LogP contribution in [0.15, 0.2) is 60.7 Å². The van der Waals surface area contributed by atoms with Crippen molar-refractivity contribution in [3.8, 4) is 0 Å². The maximum atomic E-state index is 14.4. The van der Waals surface area contributed by atoms with E-state index in [2.05, 4.69) is 0 Å². The highest BCUT2D eigenvalue weighted by Gasteiger charge is 2.59. The molecule has 2 aliphatic rings. The molecule has 2 heterocycles. The molecule has 2 aliphatic heterocycles. The molecule has 8 heteroatoms. The zero-order valence-corrected chi connectivity index (χ0v) is 18.5.